The molecule has 1 aromatic carbocycles. The van der Waals surface area contributed by atoms with Gasteiger partial charge < -0.3 is 14.6 Å². The highest BCUT2D eigenvalue weighted by Gasteiger charge is 2.07. The van der Waals surface area contributed by atoms with E-state index in [2.05, 4.69) is 10.5 Å². The minimum atomic E-state index is 0.721. The lowest BCUT2D eigenvalue weighted by Crippen LogP contribution is -2.17. The molecule has 4 nitrogen and oxygen atoms in total. The number of para-hydroxylation sites is 1. The molecule has 2 aromatic rings. The number of nitrogens with one attached hydrogen (secondary N) is 1. The molecule has 0 unspecified atom stereocenters. The molecule has 0 fully saturated rings. The maximum absolute atomic E-state index is 5.62. The third-order valence-corrected chi connectivity index (χ3v) is 2.99. The summed E-state index contributed by atoms with van der Waals surface area (Å²) < 4.78 is 10.7. The van der Waals surface area contributed by atoms with E-state index < -0.39 is 0 Å². The van der Waals surface area contributed by atoms with Crippen molar-refractivity contribution < 1.29 is 9.26 Å². The average molecular weight is 260 g/mol. The standard InChI is InChI=1S/C15H20N2O2/c1-12-15(13(2)19-17-12)11-16-9-6-10-18-14-7-4-3-5-8-14/h3-5,7-8,16H,6,9-11H2,1-2H3. The van der Waals surface area contributed by atoms with E-state index in [0.29, 0.717) is 0 Å². The number of rotatable bonds is 7. The molecular formula is C15H20N2O2. The first-order valence-corrected chi connectivity index (χ1v) is 6.57. The summed E-state index contributed by atoms with van der Waals surface area (Å²) in [6.45, 7) is 6.34. The molecule has 0 amide bonds. The Balaban J connectivity index is 1.60. The van der Waals surface area contributed by atoms with Gasteiger partial charge in [0.2, 0.25) is 0 Å². The van der Waals surface area contributed by atoms with Crippen LogP contribution in [0.4, 0.5) is 0 Å². The second-order valence-corrected chi connectivity index (χ2v) is 4.49. The lowest BCUT2D eigenvalue weighted by atomic mass is 10.2. The van der Waals surface area contributed by atoms with E-state index in [9.17, 15) is 0 Å². The number of aryl methyl sites for hydroxylation is 2. The van der Waals surface area contributed by atoms with Crippen LogP contribution in [0.15, 0.2) is 34.9 Å². The molecule has 1 aromatic heterocycles. The van der Waals surface area contributed by atoms with Gasteiger partial charge in [-0.15, -0.1) is 0 Å². The van der Waals surface area contributed by atoms with Crippen molar-refractivity contribution in [1.82, 2.24) is 10.5 Å². The van der Waals surface area contributed by atoms with Crippen molar-refractivity contribution in [2.45, 2.75) is 26.8 Å². The molecule has 1 N–H and O–H groups in total. The lowest BCUT2D eigenvalue weighted by Gasteiger charge is -2.07. The normalized spacial score (nSPS) is 10.6. The molecule has 19 heavy (non-hydrogen) atoms. The van der Waals surface area contributed by atoms with Crippen LogP contribution < -0.4 is 10.1 Å². The highest BCUT2D eigenvalue weighted by Crippen LogP contribution is 2.11. The monoisotopic (exact) mass is 260 g/mol. The van der Waals surface area contributed by atoms with Gasteiger partial charge in [0.1, 0.15) is 11.5 Å². The molecule has 4 heteroatoms. The summed E-state index contributed by atoms with van der Waals surface area (Å²) in [6, 6.07) is 9.88. The van der Waals surface area contributed by atoms with Crippen molar-refractivity contribution in [3.05, 3.63) is 47.3 Å². The molecule has 0 saturated heterocycles. The second kappa shape index (κ2) is 6.95. The third-order valence-electron chi connectivity index (χ3n) is 2.99. The fourth-order valence-electron chi connectivity index (χ4n) is 1.87. The zero-order valence-electron chi connectivity index (χ0n) is 11.5. The Hall–Kier alpha value is -1.81. The van der Waals surface area contributed by atoms with Crippen molar-refractivity contribution in [3.63, 3.8) is 0 Å². The predicted octanol–water partition coefficient (Wildman–Crippen LogP) is 2.85. The first kappa shape index (κ1) is 13.6. The van der Waals surface area contributed by atoms with E-state index in [0.717, 1.165) is 48.9 Å². The molecule has 0 aliphatic heterocycles. The van der Waals surface area contributed by atoms with Crippen molar-refractivity contribution in [1.29, 1.82) is 0 Å². The van der Waals surface area contributed by atoms with E-state index in [1.165, 1.54) is 0 Å². The zero-order chi connectivity index (χ0) is 13.5. The maximum Gasteiger partial charge on any atom is 0.138 e. The van der Waals surface area contributed by atoms with E-state index >= 15 is 0 Å². The fraction of sp³-hybridized carbons (Fsp3) is 0.400. The molecule has 1 heterocycles. The summed E-state index contributed by atoms with van der Waals surface area (Å²) in [7, 11) is 0. The number of benzene rings is 1. The smallest absolute Gasteiger partial charge is 0.138 e. The summed E-state index contributed by atoms with van der Waals surface area (Å²) in [5.41, 5.74) is 2.12. The van der Waals surface area contributed by atoms with Crippen LogP contribution in [-0.2, 0) is 6.54 Å². The Morgan fingerprint density at radius 2 is 2.00 bits per heavy atom. The molecular weight excluding hydrogens is 240 g/mol. The van der Waals surface area contributed by atoms with Crippen LogP contribution in [-0.4, -0.2) is 18.3 Å². The van der Waals surface area contributed by atoms with Crippen molar-refractivity contribution in [2.75, 3.05) is 13.2 Å². The van der Waals surface area contributed by atoms with Gasteiger partial charge in [0.25, 0.3) is 0 Å². The molecule has 0 aliphatic rings. The quantitative estimate of drug-likeness (QED) is 0.778. The largest absolute Gasteiger partial charge is 0.494 e. The number of aromatic nitrogens is 1. The number of hydrogen-bond donors (Lipinski definition) is 1. The fourth-order valence-corrected chi connectivity index (χ4v) is 1.87. The number of nitrogens with zero attached hydrogens (tertiary/aromatic N) is 1. The van der Waals surface area contributed by atoms with Crippen molar-refractivity contribution in [3.8, 4) is 5.75 Å². The Kier molecular flexibility index (Phi) is 4.98. The van der Waals surface area contributed by atoms with Crippen LogP contribution >= 0.6 is 0 Å². The Bertz CT molecular complexity index is 475. The molecule has 0 radical (unpaired) electrons. The maximum atomic E-state index is 5.62. The first-order valence-electron chi connectivity index (χ1n) is 6.57. The van der Waals surface area contributed by atoms with Gasteiger partial charge in [-0.3, -0.25) is 0 Å². The Labute approximate surface area is 113 Å². The lowest BCUT2D eigenvalue weighted by molar-refractivity contribution is 0.308. The van der Waals surface area contributed by atoms with Crippen LogP contribution in [0.1, 0.15) is 23.4 Å². The second-order valence-electron chi connectivity index (χ2n) is 4.49. The van der Waals surface area contributed by atoms with Gasteiger partial charge in [-0.2, -0.15) is 0 Å². The summed E-state index contributed by atoms with van der Waals surface area (Å²) in [4.78, 5) is 0. The van der Waals surface area contributed by atoms with E-state index in [1.54, 1.807) is 0 Å². The van der Waals surface area contributed by atoms with Crippen molar-refractivity contribution in [2.24, 2.45) is 0 Å². The molecule has 0 atom stereocenters. The number of hydrogen-bond acceptors (Lipinski definition) is 4. The topological polar surface area (TPSA) is 47.3 Å². The highest BCUT2D eigenvalue weighted by atomic mass is 16.5. The highest BCUT2D eigenvalue weighted by molar-refractivity contribution is 5.21. The van der Waals surface area contributed by atoms with Crippen LogP contribution in [0.3, 0.4) is 0 Å². The molecule has 0 spiro atoms. The van der Waals surface area contributed by atoms with E-state index in [4.69, 9.17) is 9.26 Å². The summed E-state index contributed by atoms with van der Waals surface area (Å²) in [5.74, 6) is 1.82. The number of ether oxygens (including phenoxy) is 1. The summed E-state index contributed by atoms with van der Waals surface area (Å²) >= 11 is 0. The molecule has 2 rings (SSSR count). The van der Waals surface area contributed by atoms with Gasteiger partial charge in [0.15, 0.2) is 0 Å². The summed E-state index contributed by atoms with van der Waals surface area (Å²) in [6.07, 6.45) is 0.971. The predicted molar refractivity (Wildman–Crippen MR) is 74.2 cm³/mol. The van der Waals surface area contributed by atoms with Gasteiger partial charge in [0, 0.05) is 12.1 Å². The van der Waals surface area contributed by atoms with Crippen LogP contribution in [0.25, 0.3) is 0 Å². The third kappa shape index (κ3) is 4.10. The summed E-state index contributed by atoms with van der Waals surface area (Å²) in [5, 5.41) is 7.31. The molecule has 0 aliphatic carbocycles. The zero-order valence-corrected chi connectivity index (χ0v) is 11.5. The van der Waals surface area contributed by atoms with Gasteiger partial charge in [0.05, 0.1) is 12.3 Å². The van der Waals surface area contributed by atoms with Gasteiger partial charge in [-0.05, 0) is 38.9 Å². The van der Waals surface area contributed by atoms with Gasteiger partial charge in [-0.1, -0.05) is 23.4 Å². The first-order chi connectivity index (χ1) is 9.27. The SMILES string of the molecule is Cc1noc(C)c1CNCCCOc1ccccc1. The van der Waals surface area contributed by atoms with Gasteiger partial charge >= 0.3 is 0 Å². The average Bonchev–Trinajstić information content (AvgIpc) is 2.75. The van der Waals surface area contributed by atoms with Gasteiger partial charge in [-0.25, -0.2) is 0 Å². The molecule has 0 saturated carbocycles. The Morgan fingerprint density at radius 1 is 1.21 bits per heavy atom. The van der Waals surface area contributed by atoms with Crippen LogP contribution in [0.5, 0.6) is 5.75 Å². The Morgan fingerprint density at radius 3 is 2.68 bits per heavy atom. The minimum absolute atomic E-state index is 0.721. The van der Waals surface area contributed by atoms with Crippen LogP contribution in [0.2, 0.25) is 0 Å². The molecule has 0 bridgehead atoms. The van der Waals surface area contributed by atoms with E-state index in [-0.39, 0.29) is 0 Å². The van der Waals surface area contributed by atoms with Crippen molar-refractivity contribution >= 4 is 0 Å². The molecule has 102 valence electrons. The van der Waals surface area contributed by atoms with Crippen LogP contribution in [0, 0.1) is 13.8 Å². The van der Waals surface area contributed by atoms with E-state index in [1.807, 2.05) is 44.2 Å². The minimum Gasteiger partial charge on any atom is -0.494 e.